The van der Waals surface area contributed by atoms with Crippen molar-refractivity contribution in [1.29, 1.82) is 0 Å². The maximum atomic E-state index is 12.6. The molecule has 2 aromatic rings. The summed E-state index contributed by atoms with van der Waals surface area (Å²) < 4.78 is 5.61. The predicted octanol–water partition coefficient (Wildman–Crippen LogP) is 2.88. The maximum absolute atomic E-state index is 12.6. The molecule has 1 heterocycles. The fourth-order valence-electron chi connectivity index (χ4n) is 2.62. The van der Waals surface area contributed by atoms with Crippen molar-refractivity contribution in [3.8, 4) is 0 Å². The van der Waals surface area contributed by atoms with Gasteiger partial charge in [0.05, 0.1) is 11.6 Å². The first-order valence-corrected chi connectivity index (χ1v) is 7.97. The molecule has 4 heteroatoms. The smallest absolute Gasteiger partial charge is 0.197 e. The van der Waals surface area contributed by atoms with Gasteiger partial charge in [-0.15, -0.1) is 0 Å². The summed E-state index contributed by atoms with van der Waals surface area (Å²) in [5.74, 6) is 0. The Balaban J connectivity index is 2.11. The second kappa shape index (κ2) is 7.56. The molecule has 0 bridgehead atoms. The molecule has 0 aliphatic rings. The van der Waals surface area contributed by atoms with E-state index in [0.29, 0.717) is 17.5 Å². The Hall–Kier alpha value is -1.65. The first-order chi connectivity index (χ1) is 10.5. The van der Waals surface area contributed by atoms with E-state index in [4.69, 9.17) is 4.42 Å². The first-order valence-electron chi connectivity index (χ1n) is 7.97. The van der Waals surface area contributed by atoms with Crippen molar-refractivity contribution in [2.75, 3.05) is 33.2 Å². The number of fused-ring (bicyclic) bond motifs is 1. The highest BCUT2D eigenvalue weighted by atomic mass is 16.3. The van der Waals surface area contributed by atoms with Gasteiger partial charge >= 0.3 is 0 Å². The SMILES string of the molecule is CCN(CC)CCN(C)Cc1coc2ccc(C)cc2c1=O. The van der Waals surface area contributed by atoms with E-state index in [1.54, 1.807) is 6.26 Å². The molecule has 0 atom stereocenters. The van der Waals surface area contributed by atoms with Gasteiger partial charge in [0.1, 0.15) is 5.58 Å². The molecule has 0 spiro atoms. The Morgan fingerprint density at radius 1 is 1.14 bits per heavy atom. The molecule has 0 amide bonds. The van der Waals surface area contributed by atoms with Crippen LogP contribution in [0.4, 0.5) is 0 Å². The lowest BCUT2D eigenvalue weighted by molar-refractivity contribution is 0.235. The van der Waals surface area contributed by atoms with Gasteiger partial charge in [-0.25, -0.2) is 0 Å². The Morgan fingerprint density at radius 2 is 1.86 bits per heavy atom. The summed E-state index contributed by atoms with van der Waals surface area (Å²) in [4.78, 5) is 17.1. The normalized spacial score (nSPS) is 11.7. The van der Waals surface area contributed by atoms with Crippen molar-refractivity contribution in [3.05, 3.63) is 45.8 Å². The zero-order valence-corrected chi connectivity index (χ0v) is 14.1. The molecular weight excluding hydrogens is 276 g/mol. The van der Waals surface area contributed by atoms with Crippen LogP contribution in [0.3, 0.4) is 0 Å². The lowest BCUT2D eigenvalue weighted by Crippen LogP contribution is -2.33. The summed E-state index contributed by atoms with van der Waals surface area (Å²) in [6.45, 7) is 11.0. The zero-order chi connectivity index (χ0) is 16.1. The van der Waals surface area contributed by atoms with E-state index in [1.807, 2.05) is 32.2 Å². The standard InChI is InChI=1S/C18H26N2O2/c1-5-20(6-2)10-9-19(4)12-15-13-22-17-8-7-14(3)11-16(17)18(15)21/h7-8,11,13H,5-6,9-10,12H2,1-4H3. The minimum absolute atomic E-state index is 0.0830. The Labute approximate surface area is 132 Å². The van der Waals surface area contributed by atoms with Gasteiger partial charge in [-0.1, -0.05) is 25.5 Å². The van der Waals surface area contributed by atoms with E-state index >= 15 is 0 Å². The highest BCUT2D eigenvalue weighted by molar-refractivity contribution is 5.77. The van der Waals surface area contributed by atoms with Crippen molar-refractivity contribution in [2.24, 2.45) is 0 Å². The molecular formula is C18H26N2O2. The van der Waals surface area contributed by atoms with Crippen molar-refractivity contribution >= 4 is 11.0 Å². The molecule has 120 valence electrons. The van der Waals surface area contributed by atoms with E-state index < -0.39 is 0 Å². The van der Waals surface area contributed by atoms with Crippen LogP contribution in [0.25, 0.3) is 11.0 Å². The molecule has 1 aromatic heterocycles. The Bertz CT molecular complexity index is 674. The molecule has 2 rings (SSSR count). The van der Waals surface area contributed by atoms with Crippen LogP contribution >= 0.6 is 0 Å². The van der Waals surface area contributed by atoms with Gasteiger partial charge in [0.15, 0.2) is 5.43 Å². The Morgan fingerprint density at radius 3 is 2.55 bits per heavy atom. The summed E-state index contributed by atoms with van der Waals surface area (Å²) in [5, 5.41) is 0.676. The van der Waals surface area contributed by atoms with Gasteiger partial charge < -0.3 is 14.2 Å². The lowest BCUT2D eigenvalue weighted by atomic mass is 10.1. The van der Waals surface area contributed by atoms with Gasteiger partial charge in [0.2, 0.25) is 0 Å². The van der Waals surface area contributed by atoms with E-state index in [2.05, 4.69) is 23.6 Å². The number of aryl methyl sites for hydroxylation is 1. The van der Waals surface area contributed by atoms with Crippen molar-refractivity contribution in [3.63, 3.8) is 0 Å². The molecule has 0 radical (unpaired) electrons. The van der Waals surface area contributed by atoms with Crippen LogP contribution < -0.4 is 5.43 Å². The second-order valence-electron chi connectivity index (χ2n) is 5.85. The Kier molecular flexibility index (Phi) is 5.75. The van der Waals surface area contributed by atoms with Crippen LogP contribution in [0.5, 0.6) is 0 Å². The van der Waals surface area contributed by atoms with Crippen LogP contribution in [0.1, 0.15) is 25.0 Å². The fourth-order valence-corrected chi connectivity index (χ4v) is 2.62. The summed E-state index contributed by atoms with van der Waals surface area (Å²) in [7, 11) is 2.05. The van der Waals surface area contributed by atoms with E-state index in [0.717, 1.165) is 37.3 Å². The molecule has 0 unspecified atom stereocenters. The van der Waals surface area contributed by atoms with Crippen molar-refractivity contribution in [1.82, 2.24) is 9.80 Å². The van der Waals surface area contributed by atoms with E-state index in [9.17, 15) is 4.79 Å². The quantitative estimate of drug-likeness (QED) is 0.788. The number of nitrogens with zero attached hydrogens (tertiary/aromatic N) is 2. The molecule has 1 aromatic carbocycles. The topological polar surface area (TPSA) is 36.7 Å². The summed E-state index contributed by atoms with van der Waals surface area (Å²) in [5.41, 5.74) is 2.54. The number of hydrogen-bond donors (Lipinski definition) is 0. The van der Waals surface area contributed by atoms with Crippen LogP contribution in [-0.2, 0) is 6.54 Å². The largest absolute Gasteiger partial charge is 0.464 e. The minimum Gasteiger partial charge on any atom is -0.464 e. The number of benzene rings is 1. The van der Waals surface area contributed by atoms with E-state index in [-0.39, 0.29) is 5.43 Å². The third-order valence-electron chi connectivity index (χ3n) is 4.13. The van der Waals surface area contributed by atoms with Gasteiger partial charge in [-0.3, -0.25) is 4.79 Å². The predicted molar refractivity (Wildman–Crippen MR) is 91.3 cm³/mol. The zero-order valence-electron chi connectivity index (χ0n) is 14.1. The maximum Gasteiger partial charge on any atom is 0.197 e. The molecule has 0 aliphatic carbocycles. The van der Waals surface area contributed by atoms with Crippen molar-refractivity contribution in [2.45, 2.75) is 27.3 Å². The molecule has 0 aliphatic heterocycles. The lowest BCUT2D eigenvalue weighted by Gasteiger charge is -2.22. The van der Waals surface area contributed by atoms with Crippen LogP contribution in [0.15, 0.2) is 33.7 Å². The minimum atomic E-state index is 0.0830. The molecule has 0 fully saturated rings. The van der Waals surface area contributed by atoms with Gasteiger partial charge in [0.25, 0.3) is 0 Å². The van der Waals surface area contributed by atoms with Crippen LogP contribution in [-0.4, -0.2) is 43.0 Å². The van der Waals surface area contributed by atoms with Crippen LogP contribution in [0, 0.1) is 6.92 Å². The highest BCUT2D eigenvalue weighted by Gasteiger charge is 2.10. The molecule has 0 saturated carbocycles. The third-order valence-corrected chi connectivity index (χ3v) is 4.13. The average molecular weight is 302 g/mol. The summed E-state index contributed by atoms with van der Waals surface area (Å²) in [6.07, 6.45) is 1.61. The van der Waals surface area contributed by atoms with Gasteiger partial charge in [-0.05, 0) is 39.2 Å². The van der Waals surface area contributed by atoms with Gasteiger partial charge in [-0.2, -0.15) is 0 Å². The first kappa shape index (κ1) is 16.7. The van der Waals surface area contributed by atoms with E-state index in [1.165, 1.54) is 0 Å². The van der Waals surface area contributed by atoms with Crippen molar-refractivity contribution < 1.29 is 4.42 Å². The highest BCUT2D eigenvalue weighted by Crippen LogP contribution is 2.13. The number of hydrogen-bond acceptors (Lipinski definition) is 4. The van der Waals surface area contributed by atoms with Gasteiger partial charge in [0, 0.05) is 25.2 Å². The molecule has 4 nitrogen and oxygen atoms in total. The second-order valence-corrected chi connectivity index (χ2v) is 5.85. The molecule has 0 N–H and O–H groups in total. The number of likely N-dealkylation sites (N-methyl/N-ethyl adjacent to an activating group) is 2. The van der Waals surface area contributed by atoms with Crippen LogP contribution in [0.2, 0.25) is 0 Å². The molecule has 0 saturated heterocycles. The average Bonchev–Trinajstić information content (AvgIpc) is 2.51. The fraction of sp³-hybridized carbons (Fsp3) is 0.500. The third kappa shape index (κ3) is 3.96. The summed E-state index contributed by atoms with van der Waals surface area (Å²) >= 11 is 0. The molecule has 22 heavy (non-hydrogen) atoms. The monoisotopic (exact) mass is 302 g/mol. The number of rotatable bonds is 7. The summed E-state index contributed by atoms with van der Waals surface area (Å²) in [6, 6.07) is 5.72.